The van der Waals surface area contributed by atoms with Gasteiger partial charge < -0.3 is 4.52 Å². The van der Waals surface area contributed by atoms with E-state index in [1.54, 1.807) is 6.07 Å². The van der Waals surface area contributed by atoms with Crippen molar-refractivity contribution in [2.45, 2.75) is 45.4 Å². The summed E-state index contributed by atoms with van der Waals surface area (Å²) >= 11 is 1.47. The Morgan fingerprint density at radius 3 is 2.76 bits per heavy atom. The van der Waals surface area contributed by atoms with Crippen LogP contribution in [0.4, 0.5) is 0 Å². The van der Waals surface area contributed by atoms with Crippen LogP contribution in [0, 0.1) is 23.2 Å². The predicted octanol–water partition coefficient (Wildman–Crippen LogP) is 4.60. The summed E-state index contributed by atoms with van der Waals surface area (Å²) in [6, 6.07) is 3.95. The molecule has 1 saturated carbocycles. The molecular weight excluding hydrogens is 282 g/mol. The third kappa shape index (κ3) is 2.86. The monoisotopic (exact) mass is 301 g/mol. The van der Waals surface area contributed by atoms with Gasteiger partial charge in [0.1, 0.15) is 10.9 Å². The number of thiophene rings is 1. The molecule has 2 aromatic rings. The quantitative estimate of drug-likeness (QED) is 0.831. The van der Waals surface area contributed by atoms with Crippen molar-refractivity contribution in [3.8, 4) is 16.8 Å². The van der Waals surface area contributed by atoms with Crippen molar-refractivity contribution in [1.29, 1.82) is 5.26 Å². The lowest BCUT2D eigenvalue weighted by Crippen LogP contribution is -2.18. The van der Waals surface area contributed by atoms with E-state index in [2.05, 4.69) is 30.1 Å². The number of nitrogens with zero attached hydrogens (tertiary/aromatic N) is 3. The van der Waals surface area contributed by atoms with Crippen molar-refractivity contribution < 1.29 is 4.52 Å². The minimum Gasteiger partial charge on any atom is -0.333 e. The first-order chi connectivity index (χ1) is 10.2. The first-order valence-corrected chi connectivity index (χ1v) is 8.38. The molecule has 0 saturated heterocycles. The average molecular weight is 301 g/mol. The van der Waals surface area contributed by atoms with E-state index < -0.39 is 0 Å². The molecule has 0 spiro atoms. The maximum absolute atomic E-state index is 9.07. The molecule has 4 nitrogen and oxygen atoms in total. The molecule has 0 N–H and O–H groups in total. The topological polar surface area (TPSA) is 62.7 Å². The van der Waals surface area contributed by atoms with Crippen LogP contribution in [-0.2, 0) is 0 Å². The van der Waals surface area contributed by atoms with Crippen LogP contribution < -0.4 is 0 Å². The maximum Gasteiger partial charge on any atom is 0.269 e. The van der Waals surface area contributed by atoms with Crippen molar-refractivity contribution in [2.24, 2.45) is 11.8 Å². The summed E-state index contributed by atoms with van der Waals surface area (Å²) in [5.74, 6) is 3.29. The fourth-order valence-electron chi connectivity index (χ4n) is 3.10. The van der Waals surface area contributed by atoms with Gasteiger partial charge in [-0.05, 0) is 49.0 Å². The van der Waals surface area contributed by atoms with Crippen molar-refractivity contribution >= 4 is 11.3 Å². The summed E-state index contributed by atoms with van der Waals surface area (Å²) in [7, 11) is 0. The smallest absolute Gasteiger partial charge is 0.269 e. The first-order valence-electron chi connectivity index (χ1n) is 7.50. The molecule has 0 bridgehead atoms. The Morgan fingerprint density at radius 2 is 2.10 bits per heavy atom. The lowest BCUT2D eigenvalue weighted by molar-refractivity contribution is 0.252. The Morgan fingerprint density at radius 1 is 1.33 bits per heavy atom. The molecule has 0 radical (unpaired) electrons. The third-order valence-electron chi connectivity index (χ3n) is 4.50. The van der Waals surface area contributed by atoms with Crippen LogP contribution in [0.15, 0.2) is 16.0 Å². The summed E-state index contributed by atoms with van der Waals surface area (Å²) in [6.07, 6.45) is 4.76. The van der Waals surface area contributed by atoms with Gasteiger partial charge in [-0.1, -0.05) is 19.0 Å². The molecule has 0 atom stereocenters. The lowest BCUT2D eigenvalue weighted by Gasteiger charge is -2.29. The molecule has 5 heteroatoms. The van der Waals surface area contributed by atoms with Gasteiger partial charge in [-0.2, -0.15) is 10.2 Å². The highest BCUT2D eigenvalue weighted by molar-refractivity contribution is 7.13. The zero-order valence-electron chi connectivity index (χ0n) is 12.4. The van der Waals surface area contributed by atoms with Gasteiger partial charge in [0.05, 0.1) is 5.56 Å². The van der Waals surface area contributed by atoms with Crippen LogP contribution in [0.25, 0.3) is 10.8 Å². The highest BCUT2D eigenvalue weighted by Crippen LogP contribution is 2.38. The number of hydrogen-bond acceptors (Lipinski definition) is 5. The second-order valence-corrected chi connectivity index (χ2v) is 7.00. The SMILES string of the molecule is CC(C)C1CCC(c2noc(-c3sccc3C#N)n2)CC1. The molecule has 0 aliphatic heterocycles. The number of nitriles is 1. The minimum absolute atomic E-state index is 0.406. The number of rotatable bonds is 3. The van der Waals surface area contributed by atoms with E-state index in [0.717, 1.165) is 35.4 Å². The summed E-state index contributed by atoms with van der Waals surface area (Å²) in [4.78, 5) is 5.32. The minimum atomic E-state index is 0.406. The Bertz CT molecular complexity index is 645. The van der Waals surface area contributed by atoms with Crippen LogP contribution in [-0.4, -0.2) is 10.1 Å². The van der Waals surface area contributed by atoms with E-state index in [1.165, 1.54) is 24.2 Å². The van der Waals surface area contributed by atoms with Gasteiger partial charge in [0, 0.05) is 5.92 Å². The molecular formula is C16H19N3OS. The Hall–Kier alpha value is -1.67. The molecule has 0 amide bonds. The van der Waals surface area contributed by atoms with Gasteiger partial charge in [0.25, 0.3) is 5.89 Å². The molecule has 2 heterocycles. The van der Waals surface area contributed by atoms with Crippen LogP contribution in [0.3, 0.4) is 0 Å². The van der Waals surface area contributed by atoms with Gasteiger partial charge in [-0.3, -0.25) is 0 Å². The Balaban J connectivity index is 1.73. The van der Waals surface area contributed by atoms with Crippen molar-refractivity contribution in [3.63, 3.8) is 0 Å². The van der Waals surface area contributed by atoms with Crippen LogP contribution >= 0.6 is 11.3 Å². The third-order valence-corrected chi connectivity index (χ3v) is 5.40. The summed E-state index contributed by atoms with van der Waals surface area (Å²) in [5.41, 5.74) is 0.610. The maximum atomic E-state index is 9.07. The molecule has 0 unspecified atom stereocenters. The second kappa shape index (κ2) is 5.98. The predicted molar refractivity (Wildman–Crippen MR) is 81.9 cm³/mol. The molecule has 3 rings (SSSR count). The molecule has 1 aliphatic carbocycles. The molecule has 0 aromatic carbocycles. The van der Waals surface area contributed by atoms with E-state index >= 15 is 0 Å². The molecule has 1 aliphatic rings. The lowest BCUT2D eigenvalue weighted by atomic mass is 9.77. The molecule has 21 heavy (non-hydrogen) atoms. The molecule has 1 fully saturated rings. The van der Waals surface area contributed by atoms with Crippen LogP contribution in [0.1, 0.15) is 56.8 Å². The summed E-state index contributed by atoms with van der Waals surface area (Å²) in [5, 5.41) is 15.1. The second-order valence-electron chi connectivity index (χ2n) is 6.09. The van der Waals surface area contributed by atoms with Crippen molar-refractivity contribution in [1.82, 2.24) is 10.1 Å². The molecule has 110 valence electrons. The van der Waals surface area contributed by atoms with Gasteiger partial charge in [-0.15, -0.1) is 11.3 Å². The van der Waals surface area contributed by atoms with Gasteiger partial charge >= 0.3 is 0 Å². The average Bonchev–Trinajstić information content (AvgIpc) is 3.15. The summed E-state index contributed by atoms with van der Waals surface area (Å²) in [6.45, 7) is 4.61. The zero-order valence-corrected chi connectivity index (χ0v) is 13.2. The standard InChI is InChI=1S/C16H19N3OS/c1-10(2)11-3-5-12(6-4-11)15-18-16(20-19-15)14-13(9-17)7-8-21-14/h7-8,10-12H,3-6H2,1-2H3. The van der Waals surface area contributed by atoms with Crippen LogP contribution in [0.2, 0.25) is 0 Å². The number of aromatic nitrogens is 2. The van der Waals surface area contributed by atoms with Gasteiger partial charge in [-0.25, -0.2) is 0 Å². The fraction of sp³-hybridized carbons (Fsp3) is 0.562. The van der Waals surface area contributed by atoms with Gasteiger partial charge in [0.15, 0.2) is 5.82 Å². The van der Waals surface area contributed by atoms with Crippen molar-refractivity contribution in [2.75, 3.05) is 0 Å². The van der Waals surface area contributed by atoms with Crippen LogP contribution in [0.5, 0.6) is 0 Å². The van der Waals surface area contributed by atoms with Crippen molar-refractivity contribution in [3.05, 3.63) is 22.8 Å². The highest BCUT2D eigenvalue weighted by Gasteiger charge is 2.27. The van der Waals surface area contributed by atoms with E-state index in [0.29, 0.717) is 17.4 Å². The van der Waals surface area contributed by atoms with E-state index in [9.17, 15) is 0 Å². The van der Waals surface area contributed by atoms with E-state index in [1.807, 2.05) is 5.38 Å². The Kier molecular flexibility index (Phi) is 4.07. The fourth-order valence-corrected chi connectivity index (χ4v) is 3.86. The molecule has 2 aromatic heterocycles. The first kappa shape index (κ1) is 14.3. The van der Waals surface area contributed by atoms with Gasteiger partial charge in [0.2, 0.25) is 0 Å². The largest absolute Gasteiger partial charge is 0.333 e. The van der Waals surface area contributed by atoms with E-state index in [-0.39, 0.29) is 0 Å². The summed E-state index contributed by atoms with van der Waals surface area (Å²) < 4.78 is 5.38. The Labute approximate surface area is 128 Å². The van der Waals surface area contributed by atoms with E-state index in [4.69, 9.17) is 9.78 Å². The number of hydrogen-bond donors (Lipinski definition) is 0. The highest BCUT2D eigenvalue weighted by atomic mass is 32.1. The zero-order chi connectivity index (χ0) is 14.8. The normalized spacial score (nSPS) is 22.4.